The van der Waals surface area contributed by atoms with Gasteiger partial charge in [0, 0.05) is 7.05 Å². The summed E-state index contributed by atoms with van der Waals surface area (Å²) < 4.78 is 14.4. The lowest BCUT2D eigenvalue weighted by molar-refractivity contribution is -0.133. The summed E-state index contributed by atoms with van der Waals surface area (Å²) in [5.74, 6) is -1.56. The minimum atomic E-state index is -0.858. The zero-order valence-electron chi connectivity index (χ0n) is 16.2. The zero-order valence-corrected chi connectivity index (χ0v) is 17.0. The Morgan fingerprint density at radius 3 is 2.69 bits per heavy atom. The van der Waals surface area contributed by atoms with Crippen molar-refractivity contribution in [1.29, 1.82) is 0 Å². The molecule has 1 atom stereocenters. The number of H-pyrrole nitrogens is 1. The highest BCUT2D eigenvalue weighted by Crippen LogP contribution is 2.15. The number of carbonyl (C=O) groups is 2. The minimum Gasteiger partial charge on any atom is -0.340 e. The summed E-state index contributed by atoms with van der Waals surface area (Å²) in [4.78, 5) is 45.9. The number of nitrogens with zero attached hydrogens (tertiary/aromatic N) is 2. The van der Waals surface area contributed by atoms with Gasteiger partial charge in [-0.2, -0.15) is 0 Å². The lowest BCUT2D eigenvalue weighted by Crippen LogP contribution is -2.50. The number of hydrogen-bond acceptors (Lipinski definition) is 5. The fourth-order valence-electron chi connectivity index (χ4n) is 2.91. The molecule has 7 nitrogen and oxygen atoms in total. The third-order valence-electron chi connectivity index (χ3n) is 4.46. The normalized spacial score (nSPS) is 12.2. The van der Waals surface area contributed by atoms with Crippen LogP contribution < -0.4 is 10.9 Å². The molecule has 0 aliphatic rings. The zero-order chi connectivity index (χ0) is 21.1. The molecule has 1 aromatic carbocycles. The predicted molar refractivity (Wildman–Crippen MR) is 109 cm³/mol. The van der Waals surface area contributed by atoms with E-state index in [4.69, 9.17) is 0 Å². The number of carbonyl (C=O) groups excluding carboxylic acids is 2. The molecule has 2 aromatic heterocycles. The second-order valence-corrected chi connectivity index (χ2v) is 7.93. The van der Waals surface area contributed by atoms with E-state index in [-0.39, 0.29) is 29.5 Å². The van der Waals surface area contributed by atoms with Gasteiger partial charge in [-0.05, 0) is 29.5 Å². The number of fused-ring (bicyclic) bond motifs is 1. The molecule has 0 spiro atoms. The van der Waals surface area contributed by atoms with Crippen LogP contribution in [0.4, 0.5) is 4.39 Å². The Bertz CT molecular complexity index is 1110. The molecule has 0 bridgehead atoms. The lowest BCUT2D eigenvalue weighted by atomic mass is 10.0. The number of aromatic amines is 1. The molecule has 152 valence electrons. The van der Waals surface area contributed by atoms with E-state index in [1.165, 1.54) is 34.4 Å². The smallest absolute Gasteiger partial charge is 0.268 e. The average Bonchev–Trinajstić information content (AvgIpc) is 3.14. The van der Waals surface area contributed by atoms with E-state index < -0.39 is 17.8 Å². The van der Waals surface area contributed by atoms with Crippen LogP contribution in [-0.4, -0.2) is 39.8 Å². The Balaban J connectivity index is 1.76. The third-order valence-corrected chi connectivity index (χ3v) is 5.37. The number of aromatic nitrogens is 2. The molecule has 29 heavy (non-hydrogen) atoms. The molecule has 0 radical (unpaired) electrons. The maximum atomic E-state index is 13.9. The van der Waals surface area contributed by atoms with Crippen LogP contribution in [0.25, 0.3) is 10.2 Å². The summed E-state index contributed by atoms with van der Waals surface area (Å²) in [7, 11) is 1.56. The summed E-state index contributed by atoms with van der Waals surface area (Å²) >= 11 is 1.30. The summed E-state index contributed by atoms with van der Waals surface area (Å²) in [6, 6.07) is 6.48. The quantitative estimate of drug-likeness (QED) is 0.646. The van der Waals surface area contributed by atoms with Gasteiger partial charge in [0.25, 0.3) is 11.5 Å². The van der Waals surface area contributed by atoms with E-state index >= 15 is 0 Å². The van der Waals surface area contributed by atoms with Crippen molar-refractivity contribution in [2.24, 2.45) is 5.92 Å². The van der Waals surface area contributed by atoms with Crippen LogP contribution in [0.1, 0.15) is 30.0 Å². The monoisotopic (exact) mass is 416 g/mol. The van der Waals surface area contributed by atoms with Gasteiger partial charge in [-0.1, -0.05) is 26.0 Å². The number of hydrogen-bond donors (Lipinski definition) is 2. The first-order valence-electron chi connectivity index (χ1n) is 9.04. The molecule has 0 aliphatic heterocycles. The first kappa shape index (κ1) is 20.7. The summed E-state index contributed by atoms with van der Waals surface area (Å²) in [6.45, 7) is 3.64. The van der Waals surface area contributed by atoms with E-state index in [9.17, 15) is 18.8 Å². The van der Waals surface area contributed by atoms with Gasteiger partial charge in [0.05, 0.1) is 17.6 Å². The number of amides is 2. The van der Waals surface area contributed by atoms with E-state index in [0.717, 1.165) is 0 Å². The van der Waals surface area contributed by atoms with Crippen LogP contribution >= 0.6 is 11.3 Å². The lowest BCUT2D eigenvalue weighted by Gasteiger charge is -2.27. The number of likely N-dealkylation sites (N-methyl/N-ethyl adjacent to an activating group) is 1. The Hall–Kier alpha value is -3.07. The Labute approximate surface area is 170 Å². The third kappa shape index (κ3) is 4.51. The topological polar surface area (TPSA) is 95.2 Å². The molecule has 0 fully saturated rings. The molecule has 2 amide bonds. The van der Waals surface area contributed by atoms with Crippen molar-refractivity contribution in [3.8, 4) is 0 Å². The van der Waals surface area contributed by atoms with Crippen LogP contribution in [0.15, 0.2) is 40.5 Å². The van der Waals surface area contributed by atoms with Crippen molar-refractivity contribution in [3.63, 3.8) is 0 Å². The van der Waals surface area contributed by atoms with Crippen LogP contribution in [0, 0.1) is 11.7 Å². The summed E-state index contributed by atoms with van der Waals surface area (Å²) in [6.07, 6.45) is 0. The largest absolute Gasteiger partial charge is 0.340 e. The van der Waals surface area contributed by atoms with Gasteiger partial charge in [0.1, 0.15) is 22.4 Å². The molecule has 3 aromatic rings. The number of halogens is 1. The average molecular weight is 416 g/mol. The highest BCUT2D eigenvalue weighted by molar-refractivity contribution is 7.17. The van der Waals surface area contributed by atoms with Crippen molar-refractivity contribution in [2.75, 3.05) is 7.05 Å². The number of thiophene rings is 1. The van der Waals surface area contributed by atoms with Crippen molar-refractivity contribution < 1.29 is 14.0 Å². The SMILES string of the molecule is CC(C)C(NC(=O)c1ccccc1F)C(=O)N(C)Cc1nc2ccsc2c(=O)[nH]1. The van der Waals surface area contributed by atoms with Gasteiger partial charge in [0.15, 0.2) is 0 Å². The van der Waals surface area contributed by atoms with Crippen LogP contribution in [0.3, 0.4) is 0 Å². The summed E-state index contributed by atoms with van der Waals surface area (Å²) in [5, 5.41) is 4.39. The standard InChI is InChI=1S/C20H21FN4O3S/c1-11(2)16(24-18(26)12-6-4-5-7-13(12)21)20(28)25(3)10-15-22-14-8-9-29-17(14)19(27)23-15/h4-9,11,16H,10H2,1-3H3,(H,24,26)(H,22,23,27). The molecule has 3 rings (SSSR count). The molecule has 0 saturated heterocycles. The van der Waals surface area contributed by atoms with Crippen LogP contribution in [-0.2, 0) is 11.3 Å². The van der Waals surface area contributed by atoms with Crippen LogP contribution in [0.5, 0.6) is 0 Å². The molecule has 0 aliphatic carbocycles. The minimum absolute atomic E-state index is 0.0681. The van der Waals surface area contributed by atoms with Gasteiger partial charge in [-0.3, -0.25) is 14.4 Å². The second kappa shape index (κ2) is 8.52. The molecular weight excluding hydrogens is 395 g/mol. The molecule has 9 heteroatoms. The highest BCUT2D eigenvalue weighted by Gasteiger charge is 2.28. The van der Waals surface area contributed by atoms with Crippen molar-refractivity contribution in [3.05, 3.63) is 63.3 Å². The van der Waals surface area contributed by atoms with Gasteiger partial charge in [-0.25, -0.2) is 9.37 Å². The van der Waals surface area contributed by atoms with Crippen molar-refractivity contribution in [1.82, 2.24) is 20.2 Å². The number of rotatable bonds is 6. The Morgan fingerprint density at radius 2 is 2.00 bits per heavy atom. The number of nitrogens with one attached hydrogen (secondary N) is 2. The van der Waals surface area contributed by atoms with E-state index in [0.29, 0.717) is 16.0 Å². The molecule has 2 N–H and O–H groups in total. The van der Waals surface area contributed by atoms with E-state index in [1.807, 2.05) is 0 Å². The molecular formula is C20H21FN4O3S. The van der Waals surface area contributed by atoms with Gasteiger partial charge < -0.3 is 15.2 Å². The fraction of sp³-hybridized carbons (Fsp3) is 0.300. The second-order valence-electron chi connectivity index (χ2n) is 7.02. The van der Waals surface area contributed by atoms with E-state index in [2.05, 4.69) is 15.3 Å². The maximum Gasteiger partial charge on any atom is 0.268 e. The Kier molecular flexibility index (Phi) is 6.07. The molecule has 1 unspecified atom stereocenters. The maximum absolute atomic E-state index is 13.9. The number of benzene rings is 1. The van der Waals surface area contributed by atoms with Crippen molar-refractivity contribution in [2.45, 2.75) is 26.4 Å². The van der Waals surface area contributed by atoms with Gasteiger partial charge in [-0.15, -0.1) is 11.3 Å². The Morgan fingerprint density at radius 1 is 1.28 bits per heavy atom. The van der Waals surface area contributed by atoms with Gasteiger partial charge >= 0.3 is 0 Å². The van der Waals surface area contributed by atoms with Gasteiger partial charge in [0.2, 0.25) is 5.91 Å². The van der Waals surface area contributed by atoms with E-state index in [1.54, 1.807) is 38.4 Å². The first-order chi connectivity index (χ1) is 13.8. The fourth-order valence-corrected chi connectivity index (χ4v) is 3.64. The highest BCUT2D eigenvalue weighted by atomic mass is 32.1. The predicted octanol–water partition coefficient (Wildman–Crippen LogP) is 2.54. The van der Waals surface area contributed by atoms with Crippen molar-refractivity contribution >= 4 is 33.4 Å². The summed E-state index contributed by atoms with van der Waals surface area (Å²) in [5.41, 5.74) is 0.194. The first-order valence-corrected chi connectivity index (χ1v) is 9.92. The molecule has 2 heterocycles. The van der Waals surface area contributed by atoms with Crippen LogP contribution in [0.2, 0.25) is 0 Å². The molecule has 0 saturated carbocycles.